The van der Waals surface area contributed by atoms with E-state index in [0.717, 1.165) is 19.3 Å². The highest BCUT2D eigenvalue weighted by atomic mass is 16.1. The van der Waals surface area contributed by atoms with Crippen molar-refractivity contribution in [3.63, 3.8) is 0 Å². The lowest BCUT2D eigenvalue weighted by Crippen LogP contribution is -2.12. The van der Waals surface area contributed by atoms with Crippen LogP contribution in [0.15, 0.2) is 9.98 Å². The molecule has 0 fully saturated rings. The summed E-state index contributed by atoms with van der Waals surface area (Å²) >= 11 is 0. The van der Waals surface area contributed by atoms with Crippen LogP contribution in [0.1, 0.15) is 33.1 Å². The van der Waals surface area contributed by atoms with Crippen LogP contribution in [-0.2, 0) is 9.59 Å². The molecule has 0 spiro atoms. The van der Waals surface area contributed by atoms with E-state index in [1.807, 2.05) is 13.8 Å². The normalized spacial score (nSPS) is 11.6. The van der Waals surface area contributed by atoms with Gasteiger partial charge in [-0.2, -0.15) is 0 Å². The number of isocyanates is 2. The van der Waals surface area contributed by atoms with E-state index >= 15 is 0 Å². The van der Waals surface area contributed by atoms with Crippen molar-refractivity contribution in [2.45, 2.75) is 39.2 Å². The lowest BCUT2D eigenvalue weighted by atomic mass is 9.99. The molecule has 0 rings (SSSR count). The number of aliphatic imine (C=N–C) groups is 2. The second kappa shape index (κ2) is 8.36. The molecular weight excluding hydrogens is 180 g/mol. The third-order valence-electron chi connectivity index (χ3n) is 2.07. The van der Waals surface area contributed by atoms with Gasteiger partial charge in [0.15, 0.2) is 0 Å². The zero-order chi connectivity index (χ0) is 10.8. The van der Waals surface area contributed by atoms with Crippen molar-refractivity contribution in [1.29, 1.82) is 0 Å². The van der Waals surface area contributed by atoms with Crippen molar-refractivity contribution in [2.24, 2.45) is 15.9 Å². The zero-order valence-electron chi connectivity index (χ0n) is 8.69. The van der Waals surface area contributed by atoms with E-state index in [9.17, 15) is 9.59 Å². The molecule has 0 heterocycles. The molecule has 4 nitrogen and oxygen atoms in total. The van der Waals surface area contributed by atoms with Crippen molar-refractivity contribution >= 4 is 12.2 Å². The fourth-order valence-electron chi connectivity index (χ4n) is 1.20. The van der Waals surface area contributed by atoms with Crippen LogP contribution in [0.4, 0.5) is 0 Å². The van der Waals surface area contributed by atoms with Gasteiger partial charge in [-0.3, -0.25) is 0 Å². The number of nitrogens with zero attached hydrogens (tertiary/aromatic N) is 2. The number of hydrogen-bond donors (Lipinski definition) is 0. The first-order valence-corrected chi connectivity index (χ1v) is 4.83. The Morgan fingerprint density at radius 1 is 1.14 bits per heavy atom. The van der Waals surface area contributed by atoms with Crippen LogP contribution >= 0.6 is 0 Å². The summed E-state index contributed by atoms with van der Waals surface area (Å²) in [7, 11) is 0. The summed E-state index contributed by atoms with van der Waals surface area (Å²) in [5.74, 6) is 0.353. The Kier molecular flexibility index (Phi) is 7.62. The lowest BCUT2D eigenvalue weighted by Gasteiger charge is -2.13. The quantitative estimate of drug-likeness (QED) is 0.354. The number of rotatable bonds is 7. The monoisotopic (exact) mass is 196 g/mol. The van der Waals surface area contributed by atoms with Crippen LogP contribution in [0, 0.1) is 5.92 Å². The smallest absolute Gasteiger partial charge is 0.211 e. The minimum Gasteiger partial charge on any atom is -0.211 e. The highest BCUT2D eigenvalue weighted by Gasteiger charge is 2.10. The Morgan fingerprint density at radius 2 is 1.86 bits per heavy atom. The molecule has 14 heavy (non-hydrogen) atoms. The molecule has 0 aliphatic rings. The number of carbonyl (C=O) groups excluding carboxylic acids is 2. The van der Waals surface area contributed by atoms with E-state index < -0.39 is 0 Å². The fraction of sp³-hybridized carbons (Fsp3) is 0.800. The molecule has 0 saturated heterocycles. The van der Waals surface area contributed by atoms with E-state index in [1.165, 1.54) is 6.08 Å². The molecule has 1 unspecified atom stereocenters. The molecule has 0 aromatic rings. The van der Waals surface area contributed by atoms with Gasteiger partial charge in [-0.1, -0.05) is 13.8 Å². The van der Waals surface area contributed by atoms with E-state index in [2.05, 4.69) is 9.98 Å². The maximum absolute atomic E-state index is 10.1. The molecule has 0 aliphatic heterocycles. The first-order chi connectivity index (χ1) is 6.72. The Labute approximate surface area is 84.1 Å². The highest BCUT2D eigenvalue weighted by molar-refractivity contribution is 5.33. The Bertz CT molecular complexity index is 239. The van der Waals surface area contributed by atoms with E-state index in [4.69, 9.17) is 0 Å². The summed E-state index contributed by atoms with van der Waals surface area (Å²) < 4.78 is 0. The van der Waals surface area contributed by atoms with Crippen molar-refractivity contribution in [2.75, 3.05) is 6.54 Å². The average Bonchev–Trinajstić information content (AvgIpc) is 2.15. The van der Waals surface area contributed by atoms with Crippen LogP contribution in [0.25, 0.3) is 0 Å². The van der Waals surface area contributed by atoms with Gasteiger partial charge in [0.1, 0.15) is 0 Å². The number of unbranched alkanes of at least 4 members (excludes halogenated alkanes) is 1. The van der Waals surface area contributed by atoms with E-state index in [1.54, 1.807) is 6.08 Å². The van der Waals surface area contributed by atoms with Gasteiger partial charge >= 0.3 is 0 Å². The topological polar surface area (TPSA) is 58.9 Å². The first kappa shape index (κ1) is 12.8. The highest BCUT2D eigenvalue weighted by Crippen LogP contribution is 2.13. The molecule has 1 atom stereocenters. The summed E-state index contributed by atoms with van der Waals surface area (Å²) in [4.78, 5) is 27.0. The van der Waals surface area contributed by atoms with Crippen LogP contribution in [0.3, 0.4) is 0 Å². The average molecular weight is 196 g/mol. The van der Waals surface area contributed by atoms with Crippen molar-refractivity contribution < 1.29 is 9.59 Å². The lowest BCUT2D eigenvalue weighted by molar-refractivity contribution is 0.444. The molecule has 4 heteroatoms. The predicted molar refractivity (Wildman–Crippen MR) is 53.6 cm³/mol. The molecule has 0 saturated carbocycles. The fourth-order valence-corrected chi connectivity index (χ4v) is 1.20. The first-order valence-electron chi connectivity index (χ1n) is 4.83. The Balaban J connectivity index is 3.71. The van der Waals surface area contributed by atoms with Crippen LogP contribution in [-0.4, -0.2) is 24.7 Å². The van der Waals surface area contributed by atoms with Gasteiger partial charge in [-0.05, 0) is 25.2 Å². The summed E-state index contributed by atoms with van der Waals surface area (Å²) in [6.07, 6.45) is 5.69. The van der Waals surface area contributed by atoms with Gasteiger partial charge in [0.25, 0.3) is 0 Å². The van der Waals surface area contributed by atoms with Crippen LogP contribution < -0.4 is 0 Å². The Hall–Kier alpha value is -1.24. The van der Waals surface area contributed by atoms with Crippen molar-refractivity contribution in [3.05, 3.63) is 0 Å². The largest absolute Gasteiger partial charge is 0.235 e. The summed E-state index contributed by atoms with van der Waals surface area (Å²) in [6, 6.07) is 0.0488. The molecule has 0 amide bonds. The van der Waals surface area contributed by atoms with E-state index in [-0.39, 0.29) is 6.04 Å². The van der Waals surface area contributed by atoms with Gasteiger partial charge in [0, 0.05) is 0 Å². The van der Waals surface area contributed by atoms with Gasteiger partial charge in [-0.25, -0.2) is 19.6 Å². The minimum atomic E-state index is 0.0488. The molecule has 0 aliphatic carbocycles. The van der Waals surface area contributed by atoms with Gasteiger partial charge in [-0.15, -0.1) is 0 Å². The van der Waals surface area contributed by atoms with Crippen LogP contribution in [0.2, 0.25) is 0 Å². The molecule has 0 aromatic heterocycles. The van der Waals surface area contributed by atoms with Crippen molar-refractivity contribution in [3.8, 4) is 0 Å². The predicted octanol–water partition coefficient (Wildman–Crippen LogP) is 1.85. The minimum absolute atomic E-state index is 0.0488. The van der Waals surface area contributed by atoms with Crippen molar-refractivity contribution in [1.82, 2.24) is 0 Å². The standard InChI is InChI=1S/C10H16N2O2/c1-9(2)10(12-8-14)5-3-4-6-11-7-13/h9-10H,3-6H2,1-2H3. The third-order valence-corrected chi connectivity index (χ3v) is 2.07. The SMILES string of the molecule is CC(C)C(CCCCN=C=O)N=C=O. The summed E-state index contributed by atoms with van der Waals surface area (Å²) in [5, 5.41) is 0. The second-order valence-electron chi connectivity index (χ2n) is 3.50. The van der Waals surface area contributed by atoms with Gasteiger partial charge < -0.3 is 0 Å². The molecule has 0 bridgehead atoms. The molecule has 0 N–H and O–H groups in total. The molecule has 78 valence electrons. The number of hydrogen-bond acceptors (Lipinski definition) is 4. The maximum Gasteiger partial charge on any atom is 0.235 e. The van der Waals surface area contributed by atoms with Gasteiger partial charge in [0.2, 0.25) is 12.2 Å². The summed E-state index contributed by atoms with van der Waals surface area (Å²) in [6.45, 7) is 4.56. The second-order valence-corrected chi connectivity index (χ2v) is 3.50. The Morgan fingerprint density at radius 3 is 2.36 bits per heavy atom. The third kappa shape index (κ3) is 6.30. The molecular formula is C10H16N2O2. The maximum atomic E-state index is 10.1. The molecule has 0 radical (unpaired) electrons. The van der Waals surface area contributed by atoms with Crippen LogP contribution in [0.5, 0.6) is 0 Å². The summed E-state index contributed by atoms with van der Waals surface area (Å²) in [5.41, 5.74) is 0. The zero-order valence-corrected chi connectivity index (χ0v) is 8.69. The molecule has 0 aromatic carbocycles. The van der Waals surface area contributed by atoms with Gasteiger partial charge in [0.05, 0.1) is 12.6 Å². The van der Waals surface area contributed by atoms with E-state index in [0.29, 0.717) is 12.5 Å².